The van der Waals surface area contributed by atoms with Crippen LogP contribution in [0.25, 0.3) is 5.82 Å². The third-order valence-corrected chi connectivity index (χ3v) is 9.86. The van der Waals surface area contributed by atoms with Crippen LogP contribution in [0.1, 0.15) is 56.3 Å². The van der Waals surface area contributed by atoms with Crippen LogP contribution in [0, 0.1) is 17.8 Å². The van der Waals surface area contributed by atoms with E-state index in [4.69, 9.17) is 16.3 Å². The third-order valence-electron chi connectivity index (χ3n) is 8.34. The Morgan fingerprint density at radius 3 is 2.65 bits per heavy atom. The average Bonchev–Trinajstić information content (AvgIpc) is 3.49. The van der Waals surface area contributed by atoms with Gasteiger partial charge in [-0.05, 0) is 88.6 Å². The summed E-state index contributed by atoms with van der Waals surface area (Å²) >= 11 is 6.25. The lowest BCUT2D eigenvalue weighted by Gasteiger charge is -2.20. The highest BCUT2D eigenvalue weighted by molar-refractivity contribution is 7.90. The van der Waals surface area contributed by atoms with E-state index in [-0.39, 0.29) is 52.4 Å². The van der Waals surface area contributed by atoms with E-state index in [1.54, 1.807) is 12.1 Å². The molecule has 250 valence electrons. The van der Waals surface area contributed by atoms with Crippen LogP contribution < -0.4 is 19.7 Å². The zero-order chi connectivity index (χ0) is 33.3. The Balaban J connectivity index is 1.14. The summed E-state index contributed by atoms with van der Waals surface area (Å²) in [5.41, 5.74) is -0.0272. The highest BCUT2D eigenvalue weighted by Crippen LogP contribution is 2.51. The lowest BCUT2D eigenvalue weighted by atomic mass is 9.94. The van der Waals surface area contributed by atoms with Crippen LogP contribution in [0.2, 0.25) is 5.15 Å². The van der Waals surface area contributed by atoms with Crippen LogP contribution in [-0.4, -0.2) is 72.5 Å². The first kappa shape index (κ1) is 33.9. The summed E-state index contributed by atoms with van der Waals surface area (Å²) in [6, 6.07) is 8.82. The fourth-order valence-electron chi connectivity index (χ4n) is 5.73. The molecule has 11 nitrogen and oxygen atoms in total. The van der Waals surface area contributed by atoms with E-state index in [1.165, 1.54) is 35.1 Å². The molecule has 1 saturated heterocycles. The highest BCUT2D eigenvalue weighted by atomic mass is 35.5. The van der Waals surface area contributed by atoms with E-state index in [2.05, 4.69) is 34.2 Å². The summed E-state index contributed by atoms with van der Waals surface area (Å²) in [5.74, 6) is -1.23. The van der Waals surface area contributed by atoms with Crippen molar-refractivity contribution in [1.82, 2.24) is 29.8 Å². The van der Waals surface area contributed by atoms with Crippen LogP contribution in [-0.2, 0) is 10.0 Å². The zero-order valence-electron chi connectivity index (χ0n) is 25.7. The van der Waals surface area contributed by atoms with Crippen LogP contribution in [0.3, 0.4) is 0 Å². The molecule has 1 aliphatic heterocycles. The molecule has 3 aromatic heterocycles. The number of amides is 1. The maximum Gasteiger partial charge on any atom is 0.392 e. The van der Waals surface area contributed by atoms with Crippen molar-refractivity contribution in [1.29, 1.82) is 0 Å². The van der Waals surface area contributed by atoms with Crippen molar-refractivity contribution in [3.63, 3.8) is 0 Å². The van der Waals surface area contributed by atoms with E-state index in [1.807, 2.05) is 16.7 Å². The number of anilines is 1. The normalized spacial score (nSPS) is 20.8. The molecule has 4 heterocycles. The van der Waals surface area contributed by atoms with Crippen molar-refractivity contribution >= 4 is 33.3 Å². The molecule has 1 aliphatic carbocycles. The second-order valence-electron chi connectivity index (χ2n) is 12.6. The standard InChI is InChI=1S/C30H37ClF3N7O4S/c1-29(2)17-19(18-35-29)6-5-13-40(3)23-7-4-8-26(36-23)46(43,44)39-28(42)21-9-10-24(37-27(21)31)41-14-11-25(38-41)45-15-12-20-16-22(20)30(32,33)34/h4,7-11,14,19-20,22,35H,5-6,12-13,15-18H2,1-3H3,(H,39,42). The molecule has 0 aromatic carbocycles. The molecule has 2 N–H and O–H groups in total. The molecule has 1 saturated carbocycles. The van der Waals surface area contributed by atoms with Crippen LogP contribution in [0.5, 0.6) is 5.88 Å². The number of carbonyl (C=O) groups excluding carboxylic acids is 1. The van der Waals surface area contributed by atoms with Gasteiger partial charge in [-0.25, -0.2) is 19.4 Å². The number of nitrogens with one attached hydrogen (secondary N) is 2. The van der Waals surface area contributed by atoms with Gasteiger partial charge in [0.2, 0.25) is 5.88 Å². The third kappa shape index (κ3) is 8.48. The summed E-state index contributed by atoms with van der Waals surface area (Å²) in [4.78, 5) is 23.2. The summed E-state index contributed by atoms with van der Waals surface area (Å²) in [5, 5.41) is 7.13. The number of ether oxygens (including phenoxy) is 1. The second kappa shape index (κ2) is 13.4. The van der Waals surface area contributed by atoms with E-state index in [0.29, 0.717) is 18.3 Å². The topological polar surface area (TPSA) is 131 Å². The van der Waals surface area contributed by atoms with Crippen molar-refractivity contribution in [2.24, 2.45) is 17.8 Å². The van der Waals surface area contributed by atoms with E-state index in [9.17, 15) is 26.4 Å². The van der Waals surface area contributed by atoms with Gasteiger partial charge in [-0.3, -0.25) is 4.79 Å². The van der Waals surface area contributed by atoms with Gasteiger partial charge in [0.1, 0.15) is 11.0 Å². The molecule has 5 rings (SSSR count). The number of hydrogen-bond acceptors (Lipinski definition) is 9. The van der Waals surface area contributed by atoms with Crippen LogP contribution in [0.4, 0.5) is 19.0 Å². The predicted molar refractivity (Wildman–Crippen MR) is 166 cm³/mol. The van der Waals surface area contributed by atoms with E-state index >= 15 is 0 Å². The molecule has 2 aliphatic rings. The van der Waals surface area contributed by atoms with E-state index in [0.717, 1.165) is 25.8 Å². The number of carbonyl (C=O) groups is 1. The monoisotopic (exact) mass is 683 g/mol. The Kier molecular flexibility index (Phi) is 9.85. The fourth-order valence-corrected chi connectivity index (χ4v) is 6.90. The summed E-state index contributed by atoms with van der Waals surface area (Å²) in [6.07, 6.45) is 0.805. The molecule has 3 atom stereocenters. The summed E-state index contributed by atoms with van der Waals surface area (Å²) in [6.45, 7) is 6.16. The molecule has 16 heteroatoms. The number of pyridine rings is 2. The first-order chi connectivity index (χ1) is 21.6. The Morgan fingerprint density at radius 1 is 1.20 bits per heavy atom. The van der Waals surface area contributed by atoms with Crippen molar-refractivity contribution in [2.75, 3.05) is 31.6 Å². The van der Waals surface area contributed by atoms with Gasteiger partial charge in [0.05, 0.1) is 18.1 Å². The molecule has 1 amide bonds. The Hall–Kier alpha value is -3.43. The predicted octanol–water partition coefficient (Wildman–Crippen LogP) is 5.01. The van der Waals surface area contributed by atoms with Gasteiger partial charge in [0.15, 0.2) is 10.8 Å². The highest BCUT2D eigenvalue weighted by Gasteiger charge is 2.55. The minimum absolute atomic E-state index is 0.0844. The van der Waals surface area contributed by atoms with Gasteiger partial charge in [-0.15, -0.1) is 5.10 Å². The zero-order valence-corrected chi connectivity index (χ0v) is 27.3. The summed E-state index contributed by atoms with van der Waals surface area (Å²) in [7, 11) is -2.49. The SMILES string of the molecule is CN(CCCC1CNC(C)(C)C1)c1cccc(S(=O)(=O)NC(=O)c2ccc(-n3ccc(OCCC4CC4C(F)(F)F)n3)nc2Cl)n1. The minimum atomic E-state index is -4.34. The van der Waals surface area contributed by atoms with Crippen molar-refractivity contribution in [3.05, 3.63) is 53.3 Å². The maximum absolute atomic E-state index is 13.1. The molecule has 2 fully saturated rings. The number of rotatable bonds is 13. The van der Waals surface area contributed by atoms with Crippen molar-refractivity contribution in [3.8, 4) is 11.7 Å². The molecule has 46 heavy (non-hydrogen) atoms. The lowest BCUT2D eigenvalue weighted by Crippen LogP contribution is -2.32. The maximum atomic E-state index is 13.1. The number of alkyl halides is 3. The number of halogens is 4. The molecule has 3 unspecified atom stereocenters. The molecule has 0 spiro atoms. The van der Waals surface area contributed by atoms with Gasteiger partial charge in [-0.1, -0.05) is 17.7 Å². The first-order valence-electron chi connectivity index (χ1n) is 15.0. The number of aromatic nitrogens is 4. The van der Waals surface area contributed by atoms with Crippen molar-refractivity contribution < 1.29 is 31.1 Å². The van der Waals surface area contributed by atoms with Crippen LogP contribution >= 0.6 is 11.6 Å². The molecule has 0 radical (unpaired) electrons. The van der Waals surface area contributed by atoms with Crippen molar-refractivity contribution in [2.45, 2.75) is 62.7 Å². The molecular weight excluding hydrogens is 647 g/mol. The Bertz CT molecular complexity index is 1670. The van der Waals surface area contributed by atoms with Gasteiger partial charge in [0, 0.05) is 31.4 Å². The average molecular weight is 684 g/mol. The van der Waals surface area contributed by atoms with Gasteiger partial charge in [0.25, 0.3) is 15.9 Å². The second-order valence-corrected chi connectivity index (χ2v) is 14.5. The van der Waals surface area contributed by atoms with Gasteiger partial charge in [-0.2, -0.15) is 21.6 Å². The number of hydrogen-bond donors (Lipinski definition) is 2. The van der Waals surface area contributed by atoms with Gasteiger partial charge < -0.3 is 15.0 Å². The van der Waals surface area contributed by atoms with Crippen LogP contribution in [0.15, 0.2) is 47.6 Å². The molecule has 0 bridgehead atoms. The molecular formula is C30H37ClF3N7O4S. The van der Waals surface area contributed by atoms with E-state index < -0.39 is 33.9 Å². The number of nitrogens with zero attached hydrogens (tertiary/aromatic N) is 5. The quantitative estimate of drug-likeness (QED) is 0.239. The lowest BCUT2D eigenvalue weighted by molar-refractivity contribution is -0.151. The Labute approximate surface area is 270 Å². The molecule has 3 aromatic rings. The fraction of sp³-hybridized carbons (Fsp3) is 0.533. The smallest absolute Gasteiger partial charge is 0.392 e. The number of sulfonamides is 1. The Morgan fingerprint density at radius 2 is 1.98 bits per heavy atom. The summed E-state index contributed by atoms with van der Waals surface area (Å²) < 4.78 is 73.0. The largest absolute Gasteiger partial charge is 0.477 e. The first-order valence-corrected chi connectivity index (χ1v) is 16.9. The minimum Gasteiger partial charge on any atom is -0.477 e. The van der Waals surface area contributed by atoms with Gasteiger partial charge >= 0.3 is 6.18 Å².